The second-order valence-corrected chi connectivity index (χ2v) is 9.27. The molecule has 31 heavy (non-hydrogen) atoms. The van der Waals surface area contributed by atoms with Crippen molar-refractivity contribution in [2.45, 2.75) is 32.5 Å². The molecule has 1 aliphatic heterocycles. The van der Waals surface area contributed by atoms with E-state index in [2.05, 4.69) is 76.6 Å². The van der Waals surface area contributed by atoms with Crippen LogP contribution in [-0.4, -0.2) is 44.2 Å². The van der Waals surface area contributed by atoms with Crippen molar-refractivity contribution in [3.63, 3.8) is 0 Å². The normalized spacial score (nSPS) is 13.7. The molecule has 0 saturated carbocycles. The topological polar surface area (TPSA) is 31.8 Å². The first-order valence-corrected chi connectivity index (χ1v) is 11.8. The molecule has 1 aromatic heterocycles. The van der Waals surface area contributed by atoms with E-state index in [4.69, 9.17) is 9.72 Å². The van der Waals surface area contributed by atoms with Gasteiger partial charge in [-0.25, -0.2) is 4.98 Å². The second kappa shape index (κ2) is 10.2. The van der Waals surface area contributed by atoms with Crippen molar-refractivity contribution in [1.82, 2.24) is 9.88 Å². The molecule has 0 unspecified atom stereocenters. The summed E-state index contributed by atoms with van der Waals surface area (Å²) in [6.45, 7) is 4.80. The summed E-state index contributed by atoms with van der Waals surface area (Å²) in [5.74, 6) is 0.890. The van der Waals surface area contributed by atoms with Gasteiger partial charge in [-0.1, -0.05) is 24.3 Å². The molecular weight excluding hydrogens is 404 g/mol. The average Bonchev–Trinajstić information content (AvgIpc) is 3.46. The molecule has 4 rings (SSSR count). The lowest BCUT2D eigenvalue weighted by Gasteiger charge is -2.24. The lowest BCUT2D eigenvalue weighted by molar-refractivity contribution is 0.398. The quantitative estimate of drug-likeness (QED) is 0.470. The molecule has 0 aliphatic carbocycles. The standard InChI is InChI=1S/C25H32N4OS/c1-27(2)18-22-19-31-25(26-22)29(17-21-9-7-11-24(15-21)30-3)16-20-8-6-10-23(14-20)28-12-4-5-13-28/h6-11,14-15,19H,4-5,12-13,16-18H2,1-3H3. The van der Waals surface area contributed by atoms with Gasteiger partial charge < -0.3 is 19.4 Å². The molecule has 5 nitrogen and oxygen atoms in total. The lowest BCUT2D eigenvalue weighted by Crippen LogP contribution is -2.23. The van der Waals surface area contributed by atoms with Gasteiger partial charge in [-0.15, -0.1) is 11.3 Å². The van der Waals surface area contributed by atoms with E-state index in [1.54, 1.807) is 18.4 Å². The smallest absolute Gasteiger partial charge is 0.186 e. The maximum absolute atomic E-state index is 5.44. The molecule has 0 N–H and O–H groups in total. The van der Waals surface area contributed by atoms with E-state index in [-0.39, 0.29) is 0 Å². The molecule has 6 heteroatoms. The molecule has 3 aromatic rings. The predicted molar refractivity (Wildman–Crippen MR) is 130 cm³/mol. The zero-order chi connectivity index (χ0) is 21.6. The number of nitrogens with zero attached hydrogens (tertiary/aromatic N) is 4. The summed E-state index contributed by atoms with van der Waals surface area (Å²) in [4.78, 5) is 12.0. The van der Waals surface area contributed by atoms with Gasteiger partial charge in [0.2, 0.25) is 0 Å². The van der Waals surface area contributed by atoms with Gasteiger partial charge in [0.1, 0.15) is 5.75 Å². The Labute approximate surface area is 189 Å². The lowest BCUT2D eigenvalue weighted by atomic mass is 10.1. The van der Waals surface area contributed by atoms with Crippen molar-refractivity contribution < 1.29 is 4.74 Å². The third-order valence-electron chi connectivity index (χ3n) is 5.55. The molecule has 0 radical (unpaired) electrons. The van der Waals surface area contributed by atoms with Crippen LogP contribution < -0.4 is 14.5 Å². The van der Waals surface area contributed by atoms with E-state index in [9.17, 15) is 0 Å². The van der Waals surface area contributed by atoms with Crippen LogP contribution in [0.15, 0.2) is 53.9 Å². The highest BCUT2D eigenvalue weighted by atomic mass is 32.1. The monoisotopic (exact) mass is 436 g/mol. The van der Waals surface area contributed by atoms with Crippen LogP contribution >= 0.6 is 11.3 Å². The Bertz CT molecular complexity index is 981. The van der Waals surface area contributed by atoms with Crippen molar-refractivity contribution in [3.8, 4) is 5.75 Å². The Morgan fingerprint density at radius 2 is 1.68 bits per heavy atom. The fourth-order valence-corrected chi connectivity index (χ4v) is 4.88. The molecule has 2 heterocycles. The number of benzene rings is 2. The minimum atomic E-state index is 0.792. The molecule has 1 aliphatic rings. The minimum Gasteiger partial charge on any atom is -0.497 e. The molecule has 0 bridgehead atoms. The van der Waals surface area contributed by atoms with E-state index in [0.717, 1.165) is 49.3 Å². The van der Waals surface area contributed by atoms with E-state index in [1.165, 1.54) is 29.7 Å². The van der Waals surface area contributed by atoms with E-state index in [0.29, 0.717) is 0 Å². The van der Waals surface area contributed by atoms with Crippen molar-refractivity contribution >= 4 is 22.2 Å². The van der Waals surface area contributed by atoms with Crippen LogP contribution in [0.4, 0.5) is 10.8 Å². The van der Waals surface area contributed by atoms with Crippen molar-refractivity contribution in [2.24, 2.45) is 0 Å². The highest BCUT2D eigenvalue weighted by molar-refractivity contribution is 7.13. The molecule has 0 amide bonds. The molecule has 2 aromatic carbocycles. The number of hydrogen-bond acceptors (Lipinski definition) is 6. The first-order chi connectivity index (χ1) is 15.1. The van der Waals surface area contributed by atoms with Gasteiger partial charge in [-0.3, -0.25) is 0 Å². The second-order valence-electron chi connectivity index (χ2n) is 8.43. The molecule has 1 saturated heterocycles. The molecular formula is C25H32N4OS. The van der Waals surface area contributed by atoms with Gasteiger partial charge >= 0.3 is 0 Å². The number of aromatic nitrogens is 1. The van der Waals surface area contributed by atoms with Crippen LogP contribution in [0.3, 0.4) is 0 Å². The van der Waals surface area contributed by atoms with Gasteiger partial charge in [0.05, 0.1) is 12.8 Å². The Balaban J connectivity index is 1.58. The van der Waals surface area contributed by atoms with Crippen LogP contribution in [0.5, 0.6) is 5.75 Å². The van der Waals surface area contributed by atoms with E-state index in [1.807, 2.05) is 6.07 Å². The predicted octanol–water partition coefficient (Wildman–Crippen LogP) is 5.02. The molecule has 0 atom stereocenters. The van der Waals surface area contributed by atoms with Crippen LogP contribution in [0.2, 0.25) is 0 Å². The zero-order valence-electron chi connectivity index (χ0n) is 18.8. The van der Waals surface area contributed by atoms with E-state index < -0.39 is 0 Å². The molecule has 1 fully saturated rings. The minimum absolute atomic E-state index is 0.792. The van der Waals surface area contributed by atoms with Crippen molar-refractivity contribution in [3.05, 3.63) is 70.7 Å². The first-order valence-electron chi connectivity index (χ1n) is 10.9. The summed E-state index contributed by atoms with van der Waals surface area (Å²) < 4.78 is 5.44. The Morgan fingerprint density at radius 3 is 2.39 bits per heavy atom. The van der Waals surface area contributed by atoms with Gasteiger partial charge in [-0.05, 0) is 62.3 Å². The number of methoxy groups -OCH3 is 1. The average molecular weight is 437 g/mol. The summed E-state index contributed by atoms with van der Waals surface area (Å²) >= 11 is 1.72. The van der Waals surface area contributed by atoms with Gasteiger partial charge in [0.25, 0.3) is 0 Å². The SMILES string of the molecule is COc1cccc(CN(Cc2cccc(N3CCCC3)c2)c2nc(CN(C)C)cs2)c1. The number of rotatable bonds is 9. The highest BCUT2D eigenvalue weighted by Gasteiger charge is 2.16. The Kier molecular flexibility index (Phi) is 7.10. The number of ether oxygens (including phenoxy) is 1. The zero-order valence-corrected chi connectivity index (χ0v) is 19.6. The summed E-state index contributed by atoms with van der Waals surface area (Å²) in [6.07, 6.45) is 2.58. The molecule has 0 spiro atoms. The summed E-state index contributed by atoms with van der Waals surface area (Å²) in [5, 5.41) is 3.24. The van der Waals surface area contributed by atoms with Gasteiger partial charge in [0.15, 0.2) is 5.13 Å². The number of anilines is 2. The maximum atomic E-state index is 5.44. The third kappa shape index (κ3) is 5.77. The van der Waals surface area contributed by atoms with E-state index >= 15 is 0 Å². The largest absolute Gasteiger partial charge is 0.497 e. The van der Waals surface area contributed by atoms with Crippen molar-refractivity contribution in [1.29, 1.82) is 0 Å². The summed E-state index contributed by atoms with van der Waals surface area (Å²) in [6, 6.07) is 17.3. The number of hydrogen-bond donors (Lipinski definition) is 0. The fourth-order valence-electron chi connectivity index (χ4n) is 4.07. The van der Waals surface area contributed by atoms with Gasteiger partial charge in [-0.2, -0.15) is 0 Å². The Morgan fingerprint density at radius 1 is 0.968 bits per heavy atom. The Hall–Kier alpha value is -2.57. The molecule has 164 valence electrons. The van der Waals surface area contributed by atoms with Crippen LogP contribution in [-0.2, 0) is 19.6 Å². The first kappa shape index (κ1) is 21.7. The van der Waals surface area contributed by atoms with Crippen LogP contribution in [0.1, 0.15) is 29.7 Å². The number of thiazole rings is 1. The van der Waals surface area contributed by atoms with Gasteiger partial charge in [0, 0.05) is 43.8 Å². The van der Waals surface area contributed by atoms with Crippen LogP contribution in [0, 0.1) is 0 Å². The maximum Gasteiger partial charge on any atom is 0.186 e. The van der Waals surface area contributed by atoms with Crippen molar-refractivity contribution in [2.75, 3.05) is 44.1 Å². The van der Waals surface area contributed by atoms with Crippen LogP contribution in [0.25, 0.3) is 0 Å². The fraction of sp³-hybridized carbons (Fsp3) is 0.400. The summed E-state index contributed by atoms with van der Waals surface area (Å²) in [7, 11) is 5.88. The summed E-state index contributed by atoms with van der Waals surface area (Å²) in [5.41, 5.74) is 4.99. The highest BCUT2D eigenvalue weighted by Crippen LogP contribution is 2.28. The third-order valence-corrected chi connectivity index (χ3v) is 6.50.